The topological polar surface area (TPSA) is 68.1 Å². The van der Waals surface area contributed by atoms with Crippen LogP contribution in [-0.2, 0) is 0 Å². The minimum absolute atomic E-state index is 0.0358. The van der Waals surface area contributed by atoms with Crippen LogP contribution in [0.3, 0.4) is 0 Å². The van der Waals surface area contributed by atoms with E-state index in [0.717, 1.165) is 6.42 Å². The summed E-state index contributed by atoms with van der Waals surface area (Å²) in [7, 11) is 0. The van der Waals surface area contributed by atoms with E-state index >= 15 is 0 Å². The summed E-state index contributed by atoms with van der Waals surface area (Å²) >= 11 is 3.37. The molecule has 0 bridgehead atoms. The Hall–Kier alpha value is -1.17. The molecule has 1 saturated carbocycles. The monoisotopic (exact) mass is 341 g/mol. The largest absolute Gasteiger partial charge is 0.375 e. The number of anilines is 1. The summed E-state index contributed by atoms with van der Waals surface area (Å²) < 4.78 is 0.654. The fourth-order valence-corrected chi connectivity index (χ4v) is 3.42. The minimum atomic E-state index is -0.381. The predicted octanol–water partition coefficient (Wildman–Crippen LogP) is 4.52. The molecule has 1 N–H and O–H groups in total. The molecule has 1 fully saturated rings. The third-order valence-electron chi connectivity index (χ3n) is 4.06. The Morgan fingerprint density at radius 2 is 2.15 bits per heavy atom. The van der Waals surface area contributed by atoms with Gasteiger partial charge in [-0.2, -0.15) is 0 Å². The molecule has 20 heavy (non-hydrogen) atoms. The molecule has 0 amide bonds. The van der Waals surface area contributed by atoms with Crippen LogP contribution in [0.5, 0.6) is 0 Å². The first-order valence-electron chi connectivity index (χ1n) is 7.18. The van der Waals surface area contributed by atoms with Crippen molar-refractivity contribution in [1.29, 1.82) is 0 Å². The van der Waals surface area contributed by atoms with Gasteiger partial charge in [0.15, 0.2) is 0 Å². The summed E-state index contributed by atoms with van der Waals surface area (Å²) in [6.45, 7) is 2.13. The molecule has 1 aliphatic rings. The van der Waals surface area contributed by atoms with Crippen molar-refractivity contribution in [3.63, 3.8) is 0 Å². The van der Waals surface area contributed by atoms with E-state index in [1.807, 2.05) is 0 Å². The van der Waals surface area contributed by atoms with Gasteiger partial charge >= 0.3 is 5.69 Å². The smallest absolute Gasteiger partial charge is 0.311 e. The first-order valence-corrected chi connectivity index (χ1v) is 7.97. The van der Waals surface area contributed by atoms with Crippen molar-refractivity contribution in [2.24, 2.45) is 5.92 Å². The van der Waals surface area contributed by atoms with Crippen LogP contribution in [0.15, 0.2) is 16.9 Å². The second-order valence-electron chi connectivity index (χ2n) is 5.33. The number of pyridine rings is 1. The highest BCUT2D eigenvalue weighted by Gasteiger charge is 2.26. The molecular weight excluding hydrogens is 322 g/mol. The van der Waals surface area contributed by atoms with Crippen LogP contribution in [0, 0.1) is 16.0 Å². The average molecular weight is 342 g/mol. The molecule has 0 spiro atoms. The Morgan fingerprint density at radius 1 is 1.45 bits per heavy atom. The molecule has 6 heteroatoms. The molecule has 1 aromatic rings. The van der Waals surface area contributed by atoms with Crippen molar-refractivity contribution in [1.82, 2.24) is 4.98 Å². The van der Waals surface area contributed by atoms with Gasteiger partial charge < -0.3 is 5.32 Å². The number of halogens is 1. The average Bonchev–Trinajstić information content (AvgIpc) is 2.46. The molecule has 0 aliphatic heterocycles. The molecule has 0 saturated heterocycles. The minimum Gasteiger partial charge on any atom is -0.375 e. The van der Waals surface area contributed by atoms with Crippen LogP contribution in [0.2, 0.25) is 0 Å². The Balaban J connectivity index is 2.20. The van der Waals surface area contributed by atoms with E-state index in [1.54, 1.807) is 6.20 Å². The maximum Gasteiger partial charge on any atom is 0.311 e. The van der Waals surface area contributed by atoms with E-state index in [-0.39, 0.29) is 16.7 Å². The van der Waals surface area contributed by atoms with Crippen LogP contribution in [0.4, 0.5) is 11.4 Å². The zero-order valence-electron chi connectivity index (χ0n) is 11.6. The van der Waals surface area contributed by atoms with Crippen molar-refractivity contribution in [2.75, 3.05) is 5.32 Å². The van der Waals surface area contributed by atoms with Crippen LogP contribution < -0.4 is 5.32 Å². The van der Waals surface area contributed by atoms with Gasteiger partial charge in [-0.25, -0.2) is 0 Å². The first-order chi connectivity index (χ1) is 9.63. The molecule has 1 unspecified atom stereocenters. The van der Waals surface area contributed by atoms with E-state index < -0.39 is 0 Å². The molecule has 5 nitrogen and oxygen atoms in total. The van der Waals surface area contributed by atoms with Gasteiger partial charge in [0.1, 0.15) is 11.9 Å². The highest BCUT2D eigenvalue weighted by Crippen LogP contribution is 2.35. The summed E-state index contributed by atoms with van der Waals surface area (Å²) in [5.41, 5.74) is 0.594. The van der Waals surface area contributed by atoms with Crippen molar-refractivity contribution in [3.05, 3.63) is 27.0 Å². The van der Waals surface area contributed by atoms with Crippen molar-refractivity contribution in [2.45, 2.75) is 51.5 Å². The number of rotatable bonds is 5. The lowest BCUT2D eigenvalue weighted by Gasteiger charge is -2.31. The lowest BCUT2D eigenvalue weighted by atomic mass is 9.83. The fraction of sp³-hybridized carbons (Fsp3) is 0.643. The summed E-state index contributed by atoms with van der Waals surface area (Å²) in [4.78, 5) is 14.6. The number of hydrogen-bond acceptors (Lipinski definition) is 4. The molecule has 0 radical (unpaired) electrons. The molecule has 0 aromatic carbocycles. The maximum absolute atomic E-state index is 11.1. The van der Waals surface area contributed by atoms with Crippen LogP contribution in [-0.4, -0.2) is 15.9 Å². The summed E-state index contributed by atoms with van der Waals surface area (Å²) in [5.74, 6) is 0.605. The van der Waals surface area contributed by atoms with Gasteiger partial charge in [-0.15, -0.1) is 0 Å². The molecule has 1 aliphatic carbocycles. The molecule has 110 valence electrons. The summed E-state index contributed by atoms with van der Waals surface area (Å²) in [5, 5.41) is 14.5. The zero-order chi connectivity index (χ0) is 14.5. The normalized spacial score (nSPS) is 17.7. The van der Waals surface area contributed by atoms with Crippen molar-refractivity contribution in [3.8, 4) is 0 Å². The Labute approximate surface area is 127 Å². The van der Waals surface area contributed by atoms with E-state index in [2.05, 4.69) is 33.2 Å². The number of nitro groups is 1. The number of nitrogens with one attached hydrogen (secondary N) is 1. The predicted molar refractivity (Wildman–Crippen MR) is 82.9 cm³/mol. The standard InChI is InChI=1S/C14H20BrN3O2/c1-2-12(10-6-4-3-5-7-10)17-14-11(15)8-16-9-13(14)18(19)20/h8-10,12H,2-7H2,1H3,(H,16,17). The summed E-state index contributed by atoms with van der Waals surface area (Å²) in [6.07, 6.45) is 10.1. The Bertz CT molecular complexity index is 475. The molecule has 2 rings (SSSR count). The second-order valence-corrected chi connectivity index (χ2v) is 6.18. The Kier molecular flexibility index (Phi) is 5.34. The fourth-order valence-electron chi connectivity index (χ4n) is 2.98. The lowest BCUT2D eigenvalue weighted by molar-refractivity contribution is -0.384. The zero-order valence-corrected chi connectivity index (χ0v) is 13.2. The van der Waals surface area contributed by atoms with Gasteiger partial charge in [0.25, 0.3) is 0 Å². The van der Waals surface area contributed by atoms with E-state index in [1.165, 1.54) is 38.3 Å². The Morgan fingerprint density at radius 3 is 2.75 bits per heavy atom. The number of hydrogen-bond donors (Lipinski definition) is 1. The van der Waals surface area contributed by atoms with Crippen molar-refractivity contribution >= 4 is 27.3 Å². The van der Waals surface area contributed by atoms with Gasteiger partial charge in [0.2, 0.25) is 0 Å². The van der Waals surface area contributed by atoms with Crippen molar-refractivity contribution < 1.29 is 4.92 Å². The lowest BCUT2D eigenvalue weighted by Crippen LogP contribution is -2.30. The van der Waals surface area contributed by atoms with Crippen LogP contribution in [0.1, 0.15) is 45.4 Å². The SMILES string of the molecule is CCC(Nc1c(Br)cncc1[N+](=O)[O-])C1CCCCC1. The van der Waals surface area contributed by atoms with Gasteiger partial charge in [0.05, 0.1) is 9.40 Å². The van der Waals surface area contributed by atoms with Gasteiger partial charge in [-0.3, -0.25) is 15.1 Å². The molecule has 1 heterocycles. The van der Waals surface area contributed by atoms with Gasteiger partial charge in [-0.05, 0) is 41.1 Å². The van der Waals surface area contributed by atoms with Gasteiger partial charge in [-0.1, -0.05) is 26.2 Å². The van der Waals surface area contributed by atoms with Gasteiger partial charge in [0, 0.05) is 12.2 Å². The highest BCUT2D eigenvalue weighted by atomic mass is 79.9. The van der Waals surface area contributed by atoms with Crippen LogP contribution >= 0.6 is 15.9 Å². The van der Waals surface area contributed by atoms with E-state index in [0.29, 0.717) is 16.1 Å². The van der Waals surface area contributed by atoms with E-state index in [4.69, 9.17) is 0 Å². The molecular formula is C14H20BrN3O2. The number of nitrogens with zero attached hydrogens (tertiary/aromatic N) is 2. The molecule has 1 aromatic heterocycles. The van der Waals surface area contributed by atoms with Crippen LogP contribution in [0.25, 0.3) is 0 Å². The highest BCUT2D eigenvalue weighted by molar-refractivity contribution is 9.10. The number of aromatic nitrogens is 1. The summed E-state index contributed by atoms with van der Waals surface area (Å²) in [6, 6.07) is 0.285. The maximum atomic E-state index is 11.1. The quantitative estimate of drug-likeness (QED) is 0.631. The van der Waals surface area contributed by atoms with E-state index in [9.17, 15) is 10.1 Å². The third kappa shape index (κ3) is 3.48. The second kappa shape index (κ2) is 7.02. The molecule has 1 atom stereocenters. The third-order valence-corrected chi connectivity index (χ3v) is 4.67. The first kappa shape index (κ1) is 15.2.